The number of rotatable bonds is 4. The summed E-state index contributed by atoms with van der Waals surface area (Å²) < 4.78 is 1.85. The number of nitrogens with two attached hydrogens (primary N) is 1. The van der Waals surface area contributed by atoms with Gasteiger partial charge in [0, 0.05) is 11.3 Å². The second-order valence-electron chi connectivity index (χ2n) is 5.06. The molecule has 3 rings (SSSR count). The molecule has 0 aliphatic heterocycles. The van der Waals surface area contributed by atoms with Crippen LogP contribution in [-0.4, -0.2) is 14.8 Å². The predicted octanol–water partition coefficient (Wildman–Crippen LogP) is 3.14. The Morgan fingerprint density at radius 1 is 1.05 bits per heavy atom. The maximum absolute atomic E-state index is 5.79. The van der Waals surface area contributed by atoms with Crippen molar-refractivity contribution in [2.75, 3.05) is 5.73 Å². The summed E-state index contributed by atoms with van der Waals surface area (Å²) in [6.07, 6.45) is 2.81. The van der Waals surface area contributed by atoms with E-state index in [1.807, 2.05) is 28.9 Å². The minimum atomic E-state index is 0.701. The van der Waals surface area contributed by atoms with E-state index in [1.165, 1.54) is 11.1 Å². The Morgan fingerprint density at radius 2 is 1.81 bits per heavy atom. The Bertz CT molecular complexity index is 729. The second kappa shape index (κ2) is 5.79. The van der Waals surface area contributed by atoms with Crippen molar-refractivity contribution in [3.63, 3.8) is 0 Å². The number of anilines is 1. The van der Waals surface area contributed by atoms with Crippen LogP contribution in [0.1, 0.15) is 18.1 Å². The summed E-state index contributed by atoms with van der Waals surface area (Å²) in [6, 6.07) is 16.2. The highest BCUT2D eigenvalue weighted by Gasteiger charge is 2.05. The molecule has 0 bridgehead atoms. The quantitative estimate of drug-likeness (QED) is 0.746. The second-order valence-corrected chi connectivity index (χ2v) is 5.06. The van der Waals surface area contributed by atoms with E-state index in [-0.39, 0.29) is 0 Å². The summed E-state index contributed by atoms with van der Waals surface area (Å²) in [6.45, 7) is 2.88. The first-order valence-electron chi connectivity index (χ1n) is 7.08. The fraction of sp³-hybridized carbons (Fsp3) is 0.176. The predicted molar refractivity (Wildman–Crippen MR) is 84.8 cm³/mol. The molecule has 4 heteroatoms. The fourth-order valence-electron chi connectivity index (χ4n) is 2.25. The summed E-state index contributed by atoms with van der Waals surface area (Å²) in [7, 11) is 0. The third-order valence-electron chi connectivity index (χ3n) is 3.46. The van der Waals surface area contributed by atoms with E-state index in [4.69, 9.17) is 5.73 Å². The molecule has 0 aliphatic rings. The minimum absolute atomic E-state index is 0.701. The first-order chi connectivity index (χ1) is 10.2. The van der Waals surface area contributed by atoms with Gasteiger partial charge in [0.25, 0.3) is 0 Å². The van der Waals surface area contributed by atoms with Crippen molar-refractivity contribution in [3.05, 3.63) is 66.0 Å². The summed E-state index contributed by atoms with van der Waals surface area (Å²) >= 11 is 0. The van der Waals surface area contributed by atoms with E-state index >= 15 is 0 Å². The van der Waals surface area contributed by atoms with Crippen LogP contribution in [0.3, 0.4) is 0 Å². The molecule has 21 heavy (non-hydrogen) atoms. The van der Waals surface area contributed by atoms with E-state index < -0.39 is 0 Å². The Morgan fingerprint density at radius 3 is 2.52 bits per heavy atom. The average molecular weight is 278 g/mol. The molecule has 2 aromatic carbocycles. The van der Waals surface area contributed by atoms with Gasteiger partial charge < -0.3 is 5.73 Å². The highest BCUT2D eigenvalue weighted by atomic mass is 15.3. The lowest BCUT2D eigenvalue weighted by Crippen LogP contribution is -2.00. The normalized spacial score (nSPS) is 10.7. The van der Waals surface area contributed by atoms with Gasteiger partial charge in [-0.15, -0.1) is 0 Å². The minimum Gasteiger partial charge on any atom is -0.399 e. The van der Waals surface area contributed by atoms with Crippen molar-refractivity contribution in [3.8, 4) is 11.4 Å². The van der Waals surface area contributed by atoms with E-state index in [9.17, 15) is 0 Å². The van der Waals surface area contributed by atoms with Gasteiger partial charge in [0.2, 0.25) is 0 Å². The molecule has 0 spiro atoms. The highest BCUT2D eigenvalue weighted by Crippen LogP contribution is 2.17. The summed E-state index contributed by atoms with van der Waals surface area (Å²) in [5.41, 5.74) is 10.0. The SMILES string of the molecule is CCc1ccc(Cn2cnc(-c3cccc(N)c3)n2)cc1. The van der Waals surface area contributed by atoms with Crippen LogP contribution in [0.2, 0.25) is 0 Å². The summed E-state index contributed by atoms with van der Waals surface area (Å²) in [4.78, 5) is 4.35. The van der Waals surface area contributed by atoms with Crippen molar-refractivity contribution in [2.24, 2.45) is 0 Å². The van der Waals surface area contributed by atoms with Gasteiger partial charge in [-0.2, -0.15) is 5.10 Å². The van der Waals surface area contributed by atoms with E-state index in [1.54, 1.807) is 6.33 Å². The molecule has 0 fully saturated rings. The monoisotopic (exact) mass is 278 g/mol. The average Bonchev–Trinajstić information content (AvgIpc) is 2.97. The van der Waals surface area contributed by atoms with Gasteiger partial charge in [-0.3, -0.25) is 0 Å². The van der Waals surface area contributed by atoms with Crippen LogP contribution in [0.5, 0.6) is 0 Å². The van der Waals surface area contributed by atoms with Gasteiger partial charge in [-0.1, -0.05) is 43.3 Å². The molecular formula is C17H18N4. The van der Waals surface area contributed by atoms with Crippen LogP contribution in [0.15, 0.2) is 54.9 Å². The third-order valence-corrected chi connectivity index (χ3v) is 3.46. The molecular weight excluding hydrogens is 260 g/mol. The van der Waals surface area contributed by atoms with Crippen molar-refractivity contribution in [1.29, 1.82) is 0 Å². The van der Waals surface area contributed by atoms with Gasteiger partial charge in [0.1, 0.15) is 6.33 Å². The van der Waals surface area contributed by atoms with Crippen LogP contribution >= 0.6 is 0 Å². The Balaban J connectivity index is 1.78. The lowest BCUT2D eigenvalue weighted by atomic mass is 10.1. The number of benzene rings is 2. The van der Waals surface area contributed by atoms with Crippen molar-refractivity contribution < 1.29 is 0 Å². The van der Waals surface area contributed by atoms with E-state index in [0.29, 0.717) is 5.82 Å². The van der Waals surface area contributed by atoms with Gasteiger partial charge in [0.05, 0.1) is 6.54 Å². The van der Waals surface area contributed by atoms with Crippen LogP contribution < -0.4 is 5.73 Å². The standard InChI is InChI=1S/C17H18N4/c1-2-13-6-8-14(9-7-13)11-21-12-19-17(20-21)15-4-3-5-16(18)10-15/h3-10,12H,2,11,18H2,1H3. The third kappa shape index (κ3) is 3.11. The zero-order valence-electron chi connectivity index (χ0n) is 12.0. The molecule has 0 saturated carbocycles. The van der Waals surface area contributed by atoms with Gasteiger partial charge in [0.15, 0.2) is 5.82 Å². The zero-order valence-corrected chi connectivity index (χ0v) is 12.0. The Hall–Kier alpha value is -2.62. The molecule has 0 unspecified atom stereocenters. The topological polar surface area (TPSA) is 56.7 Å². The molecule has 0 aliphatic carbocycles. The van der Waals surface area contributed by atoms with E-state index in [0.717, 1.165) is 24.2 Å². The zero-order chi connectivity index (χ0) is 14.7. The first kappa shape index (κ1) is 13.4. The van der Waals surface area contributed by atoms with Gasteiger partial charge in [-0.25, -0.2) is 9.67 Å². The highest BCUT2D eigenvalue weighted by molar-refractivity contribution is 5.60. The molecule has 1 heterocycles. The molecule has 0 saturated heterocycles. The van der Waals surface area contributed by atoms with Crippen molar-refractivity contribution in [1.82, 2.24) is 14.8 Å². The molecule has 2 N–H and O–H groups in total. The molecule has 0 radical (unpaired) electrons. The molecule has 3 aromatic rings. The maximum atomic E-state index is 5.79. The lowest BCUT2D eigenvalue weighted by Gasteiger charge is -2.02. The van der Waals surface area contributed by atoms with Crippen LogP contribution in [0.25, 0.3) is 11.4 Å². The van der Waals surface area contributed by atoms with Gasteiger partial charge in [-0.05, 0) is 29.7 Å². The smallest absolute Gasteiger partial charge is 0.181 e. The summed E-state index contributed by atoms with van der Waals surface area (Å²) in [5.74, 6) is 0.701. The van der Waals surface area contributed by atoms with Crippen LogP contribution in [0.4, 0.5) is 5.69 Å². The molecule has 4 nitrogen and oxygen atoms in total. The Labute approximate surface area is 124 Å². The molecule has 0 atom stereocenters. The van der Waals surface area contributed by atoms with Crippen molar-refractivity contribution in [2.45, 2.75) is 19.9 Å². The summed E-state index contributed by atoms with van der Waals surface area (Å²) in [5, 5.41) is 4.51. The molecule has 106 valence electrons. The van der Waals surface area contributed by atoms with Crippen LogP contribution in [-0.2, 0) is 13.0 Å². The first-order valence-corrected chi connectivity index (χ1v) is 7.08. The number of nitrogens with zero attached hydrogens (tertiary/aromatic N) is 3. The number of aromatic nitrogens is 3. The largest absolute Gasteiger partial charge is 0.399 e. The Kier molecular flexibility index (Phi) is 3.69. The van der Waals surface area contributed by atoms with Crippen LogP contribution in [0, 0.1) is 0 Å². The van der Waals surface area contributed by atoms with Gasteiger partial charge >= 0.3 is 0 Å². The number of aryl methyl sites for hydroxylation is 1. The number of hydrogen-bond acceptors (Lipinski definition) is 3. The lowest BCUT2D eigenvalue weighted by molar-refractivity contribution is 0.686. The number of nitrogen functional groups attached to an aromatic ring is 1. The molecule has 1 aromatic heterocycles. The van der Waals surface area contributed by atoms with E-state index in [2.05, 4.69) is 41.3 Å². The van der Waals surface area contributed by atoms with Crippen molar-refractivity contribution >= 4 is 5.69 Å². The number of hydrogen-bond donors (Lipinski definition) is 1. The molecule has 0 amide bonds. The maximum Gasteiger partial charge on any atom is 0.181 e. The fourth-order valence-corrected chi connectivity index (χ4v) is 2.25.